The van der Waals surface area contributed by atoms with Gasteiger partial charge in [0, 0.05) is 11.1 Å². The largest absolute Gasteiger partial charge is 0.375 e. The fraction of sp³-hybridized carbons (Fsp3) is 0.167. The van der Waals surface area contributed by atoms with Crippen LogP contribution in [0.3, 0.4) is 0 Å². The quantitative estimate of drug-likeness (QED) is 0.781. The van der Waals surface area contributed by atoms with E-state index >= 15 is 0 Å². The van der Waals surface area contributed by atoms with E-state index in [2.05, 4.69) is 15.0 Å². The molecule has 0 saturated heterocycles. The molecule has 1 amide bonds. The van der Waals surface area contributed by atoms with E-state index in [1.165, 1.54) is 18.5 Å². The number of nitrogen functional groups attached to an aromatic ring is 1. The van der Waals surface area contributed by atoms with E-state index < -0.39 is 15.9 Å². The summed E-state index contributed by atoms with van der Waals surface area (Å²) in [5.41, 5.74) is 6.61. The average Bonchev–Trinajstić information content (AvgIpc) is 2.87. The number of aromatic nitrogens is 1. The number of nitrogens with two attached hydrogens (primary N) is 1. The summed E-state index contributed by atoms with van der Waals surface area (Å²) >= 11 is 1.16. The zero-order chi connectivity index (χ0) is 15.6. The Labute approximate surface area is 126 Å². The van der Waals surface area contributed by atoms with Crippen molar-refractivity contribution in [2.24, 2.45) is 0 Å². The zero-order valence-corrected chi connectivity index (χ0v) is 13.0. The molecule has 21 heavy (non-hydrogen) atoms. The molecule has 0 saturated carbocycles. The van der Waals surface area contributed by atoms with Crippen LogP contribution in [0.5, 0.6) is 0 Å². The van der Waals surface area contributed by atoms with E-state index in [0.717, 1.165) is 11.3 Å². The maximum Gasteiger partial charge on any atom is 0.275 e. The van der Waals surface area contributed by atoms with Gasteiger partial charge in [-0.05, 0) is 31.7 Å². The van der Waals surface area contributed by atoms with Gasteiger partial charge in [-0.3, -0.25) is 4.79 Å². The Hall–Kier alpha value is -1.97. The van der Waals surface area contributed by atoms with Gasteiger partial charge in [-0.25, -0.2) is 18.1 Å². The first-order valence-corrected chi connectivity index (χ1v) is 8.26. The van der Waals surface area contributed by atoms with Crippen LogP contribution in [-0.4, -0.2) is 26.4 Å². The van der Waals surface area contributed by atoms with Gasteiger partial charge >= 0.3 is 0 Å². The highest BCUT2D eigenvalue weighted by Crippen LogP contribution is 2.21. The van der Waals surface area contributed by atoms with E-state index in [9.17, 15) is 13.2 Å². The molecule has 2 rings (SSSR count). The summed E-state index contributed by atoms with van der Waals surface area (Å²) in [6, 6.07) is 4.64. The molecule has 0 spiro atoms. The normalized spacial score (nSPS) is 11.3. The third kappa shape index (κ3) is 3.38. The van der Waals surface area contributed by atoms with Crippen molar-refractivity contribution in [1.82, 2.24) is 9.71 Å². The predicted molar refractivity (Wildman–Crippen MR) is 81.9 cm³/mol. The third-order valence-electron chi connectivity index (χ3n) is 2.76. The molecule has 1 heterocycles. The van der Waals surface area contributed by atoms with Crippen molar-refractivity contribution in [2.75, 3.05) is 18.1 Å². The maximum atomic E-state index is 12.0. The smallest absolute Gasteiger partial charge is 0.275 e. The minimum Gasteiger partial charge on any atom is -0.375 e. The van der Waals surface area contributed by atoms with Crippen LogP contribution in [0.1, 0.15) is 16.1 Å². The SMILES string of the molecule is CNS(=O)(=O)c1cc(NC(=O)c2csc(N)n2)ccc1C. The molecule has 0 atom stereocenters. The molecule has 9 heteroatoms. The van der Waals surface area contributed by atoms with Gasteiger partial charge in [0.25, 0.3) is 5.91 Å². The molecule has 0 aliphatic carbocycles. The molecule has 0 aliphatic rings. The van der Waals surface area contributed by atoms with Crippen molar-refractivity contribution in [3.63, 3.8) is 0 Å². The minimum atomic E-state index is -3.58. The van der Waals surface area contributed by atoms with Gasteiger partial charge in [-0.2, -0.15) is 0 Å². The van der Waals surface area contributed by atoms with Crippen molar-refractivity contribution in [3.05, 3.63) is 34.8 Å². The Kier molecular flexibility index (Phi) is 4.26. The Bertz CT molecular complexity index is 784. The van der Waals surface area contributed by atoms with Gasteiger partial charge in [-0.15, -0.1) is 11.3 Å². The standard InChI is InChI=1S/C12H14N4O3S2/c1-7-3-4-8(5-10(7)21(18,19)14-2)15-11(17)9-6-20-12(13)16-9/h3-6,14H,1-2H3,(H2,13,16)(H,15,17). The van der Waals surface area contributed by atoms with Gasteiger partial charge in [0.05, 0.1) is 4.90 Å². The Morgan fingerprint density at radius 2 is 2.10 bits per heavy atom. The number of thiazole rings is 1. The Morgan fingerprint density at radius 3 is 2.67 bits per heavy atom. The lowest BCUT2D eigenvalue weighted by molar-refractivity contribution is 0.102. The number of sulfonamides is 1. The number of nitrogens with one attached hydrogen (secondary N) is 2. The predicted octanol–water partition coefficient (Wildman–Crippen LogP) is 1.19. The molecule has 0 fully saturated rings. The summed E-state index contributed by atoms with van der Waals surface area (Å²) in [6.45, 7) is 1.68. The average molecular weight is 326 g/mol. The van der Waals surface area contributed by atoms with Crippen molar-refractivity contribution in [2.45, 2.75) is 11.8 Å². The lowest BCUT2D eigenvalue weighted by atomic mass is 10.2. The molecule has 0 bridgehead atoms. The van der Waals surface area contributed by atoms with Crippen LogP contribution in [-0.2, 0) is 10.0 Å². The van der Waals surface area contributed by atoms with Crippen LogP contribution in [0.2, 0.25) is 0 Å². The highest BCUT2D eigenvalue weighted by atomic mass is 32.2. The molecular formula is C12H14N4O3S2. The molecule has 0 radical (unpaired) electrons. The minimum absolute atomic E-state index is 0.112. The number of amides is 1. The number of benzene rings is 1. The number of hydrogen-bond acceptors (Lipinski definition) is 6. The van der Waals surface area contributed by atoms with Crippen LogP contribution in [0.4, 0.5) is 10.8 Å². The summed E-state index contributed by atoms with van der Waals surface area (Å²) in [5, 5.41) is 4.42. The molecule has 7 nitrogen and oxygen atoms in total. The number of aryl methyl sites for hydroxylation is 1. The summed E-state index contributed by atoms with van der Waals surface area (Å²) < 4.78 is 26.0. The fourth-order valence-corrected chi connectivity index (χ4v) is 3.20. The van der Waals surface area contributed by atoms with Gasteiger partial charge in [0.2, 0.25) is 10.0 Å². The van der Waals surface area contributed by atoms with E-state index in [1.807, 2.05) is 0 Å². The Morgan fingerprint density at radius 1 is 1.38 bits per heavy atom. The summed E-state index contributed by atoms with van der Waals surface area (Å²) in [5.74, 6) is -0.445. The molecule has 4 N–H and O–H groups in total. The molecule has 112 valence electrons. The highest BCUT2D eigenvalue weighted by Gasteiger charge is 2.16. The molecule has 0 aliphatic heterocycles. The van der Waals surface area contributed by atoms with Crippen molar-refractivity contribution < 1.29 is 13.2 Å². The zero-order valence-electron chi connectivity index (χ0n) is 11.4. The van der Waals surface area contributed by atoms with Crippen LogP contribution >= 0.6 is 11.3 Å². The van der Waals surface area contributed by atoms with E-state index in [1.54, 1.807) is 19.1 Å². The third-order valence-corrected chi connectivity index (χ3v) is 4.99. The molecule has 2 aromatic rings. The second-order valence-electron chi connectivity index (χ2n) is 4.21. The molecule has 1 aromatic heterocycles. The van der Waals surface area contributed by atoms with Crippen LogP contribution in [0, 0.1) is 6.92 Å². The number of anilines is 2. The number of nitrogens with zero attached hydrogens (tertiary/aromatic N) is 1. The monoisotopic (exact) mass is 326 g/mol. The van der Waals surface area contributed by atoms with Crippen LogP contribution < -0.4 is 15.8 Å². The number of carbonyl (C=O) groups excluding carboxylic acids is 1. The van der Waals surface area contributed by atoms with Gasteiger partial charge < -0.3 is 11.1 Å². The number of hydrogen-bond donors (Lipinski definition) is 3. The van der Waals surface area contributed by atoms with Gasteiger partial charge in [-0.1, -0.05) is 6.07 Å². The van der Waals surface area contributed by atoms with Crippen LogP contribution in [0.15, 0.2) is 28.5 Å². The maximum absolute atomic E-state index is 12.0. The lowest BCUT2D eigenvalue weighted by Gasteiger charge is -2.09. The summed E-state index contributed by atoms with van der Waals surface area (Å²) in [6.07, 6.45) is 0. The second-order valence-corrected chi connectivity index (χ2v) is 6.96. The first-order chi connectivity index (χ1) is 9.83. The van der Waals surface area contributed by atoms with Crippen LogP contribution in [0.25, 0.3) is 0 Å². The van der Waals surface area contributed by atoms with Crippen molar-refractivity contribution in [1.29, 1.82) is 0 Å². The first-order valence-electron chi connectivity index (χ1n) is 5.90. The first kappa shape index (κ1) is 15.4. The van der Waals surface area contributed by atoms with Crippen molar-refractivity contribution >= 4 is 38.1 Å². The topological polar surface area (TPSA) is 114 Å². The summed E-state index contributed by atoms with van der Waals surface area (Å²) in [4.78, 5) is 15.9. The van der Waals surface area contributed by atoms with E-state index in [-0.39, 0.29) is 10.6 Å². The van der Waals surface area contributed by atoms with Gasteiger partial charge in [0.1, 0.15) is 5.69 Å². The Balaban J connectivity index is 2.30. The molecule has 1 aromatic carbocycles. The number of carbonyl (C=O) groups is 1. The molecule has 0 unspecified atom stereocenters. The van der Waals surface area contributed by atoms with E-state index in [4.69, 9.17) is 5.73 Å². The molecular weight excluding hydrogens is 312 g/mol. The second kappa shape index (κ2) is 5.80. The van der Waals surface area contributed by atoms with Gasteiger partial charge in [0.15, 0.2) is 5.13 Å². The fourth-order valence-electron chi connectivity index (χ4n) is 1.66. The summed E-state index contributed by atoms with van der Waals surface area (Å²) in [7, 11) is -2.25. The highest BCUT2D eigenvalue weighted by molar-refractivity contribution is 7.89. The lowest BCUT2D eigenvalue weighted by Crippen LogP contribution is -2.20. The number of rotatable bonds is 4. The van der Waals surface area contributed by atoms with Crippen molar-refractivity contribution in [3.8, 4) is 0 Å². The van der Waals surface area contributed by atoms with E-state index in [0.29, 0.717) is 16.4 Å².